The molecule has 0 spiro atoms. The summed E-state index contributed by atoms with van der Waals surface area (Å²) in [5.74, 6) is 1.10. The SMILES string of the molecule is CCC1CCC2C3CCC(C3)N12. The average Bonchev–Trinajstić information content (AvgIpc) is 2.76. The summed E-state index contributed by atoms with van der Waals surface area (Å²) in [5.41, 5.74) is 0. The van der Waals surface area contributed by atoms with Crippen LogP contribution in [-0.4, -0.2) is 23.0 Å². The van der Waals surface area contributed by atoms with E-state index in [9.17, 15) is 0 Å². The summed E-state index contributed by atoms with van der Waals surface area (Å²) < 4.78 is 0. The molecule has 0 aromatic rings. The molecule has 2 bridgehead atoms. The van der Waals surface area contributed by atoms with Gasteiger partial charge >= 0.3 is 0 Å². The highest BCUT2D eigenvalue weighted by molar-refractivity contribution is 5.05. The zero-order valence-electron chi connectivity index (χ0n) is 8.00. The topological polar surface area (TPSA) is 3.24 Å². The van der Waals surface area contributed by atoms with Gasteiger partial charge in [-0.25, -0.2) is 0 Å². The molecule has 3 rings (SSSR count). The van der Waals surface area contributed by atoms with E-state index < -0.39 is 0 Å². The van der Waals surface area contributed by atoms with Crippen LogP contribution in [0.2, 0.25) is 0 Å². The molecule has 0 N–H and O–H groups in total. The van der Waals surface area contributed by atoms with Crippen LogP contribution in [0.5, 0.6) is 0 Å². The number of rotatable bonds is 1. The van der Waals surface area contributed by atoms with E-state index >= 15 is 0 Å². The molecule has 1 nitrogen and oxygen atoms in total. The summed E-state index contributed by atoms with van der Waals surface area (Å²) in [7, 11) is 0. The zero-order valence-corrected chi connectivity index (χ0v) is 8.00. The van der Waals surface area contributed by atoms with Crippen LogP contribution < -0.4 is 0 Å². The molecule has 0 aromatic carbocycles. The Hall–Kier alpha value is -0.0400. The Morgan fingerprint density at radius 2 is 2.08 bits per heavy atom. The molecule has 1 aliphatic carbocycles. The van der Waals surface area contributed by atoms with Crippen molar-refractivity contribution < 1.29 is 0 Å². The van der Waals surface area contributed by atoms with Gasteiger partial charge in [0.05, 0.1) is 0 Å². The fraction of sp³-hybridized carbons (Fsp3) is 1.00. The maximum absolute atomic E-state index is 2.88. The average molecular weight is 165 g/mol. The second kappa shape index (κ2) is 2.47. The highest BCUT2D eigenvalue weighted by Crippen LogP contribution is 2.49. The van der Waals surface area contributed by atoms with E-state index in [0.29, 0.717) is 0 Å². The fourth-order valence-corrected chi connectivity index (χ4v) is 4.01. The van der Waals surface area contributed by atoms with Crippen molar-refractivity contribution in [3.8, 4) is 0 Å². The maximum atomic E-state index is 2.88. The van der Waals surface area contributed by atoms with E-state index in [1.165, 1.54) is 25.7 Å². The lowest BCUT2D eigenvalue weighted by Gasteiger charge is -2.33. The zero-order chi connectivity index (χ0) is 8.13. The quantitative estimate of drug-likeness (QED) is 0.576. The highest BCUT2D eigenvalue weighted by atomic mass is 15.3. The molecule has 3 fully saturated rings. The van der Waals surface area contributed by atoms with Crippen molar-refractivity contribution in [2.24, 2.45) is 5.92 Å². The molecule has 1 heteroatoms. The van der Waals surface area contributed by atoms with E-state index in [0.717, 1.165) is 24.0 Å². The van der Waals surface area contributed by atoms with Gasteiger partial charge in [0.25, 0.3) is 0 Å². The minimum absolute atomic E-state index is 0.963. The van der Waals surface area contributed by atoms with Crippen LogP contribution in [0.3, 0.4) is 0 Å². The van der Waals surface area contributed by atoms with Gasteiger partial charge in [0.2, 0.25) is 0 Å². The van der Waals surface area contributed by atoms with Crippen molar-refractivity contribution in [1.82, 2.24) is 4.90 Å². The predicted octanol–water partition coefficient (Wildman–Crippen LogP) is 2.41. The third kappa shape index (κ3) is 0.783. The molecule has 2 saturated heterocycles. The van der Waals surface area contributed by atoms with Crippen molar-refractivity contribution in [2.45, 2.75) is 63.6 Å². The molecule has 2 heterocycles. The third-order valence-electron chi connectivity index (χ3n) is 4.48. The summed E-state index contributed by atoms with van der Waals surface area (Å²) in [6.07, 6.45) is 8.99. The second-order valence-electron chi connectivity index (χ2n) is 4.88. The van der Waals surface area contributed by atoms with Gasteiger partial charge in [-0.1, -0.05) is 6.92 Å². The van der Waals surface area contributed by atoms with E-state index in [-0.39, 0.29) is 0 Å². The Labute approximate surface area is 75.1 Å². The molecule has 68 valence electrons. The Balaban J connectivity index is 1.85. The maximum Gasteiger partial charge on any atom is 0.0131 e. The minimum atomic E-state index is 0.963. The number of piperidine rings is 1. The van der Waals surface area contributed by atoms with Crippen LogP contribution in [0.1, 0.15) is 45.4 Å². The largest absolute Gasteiger partial charge is 0.294 e. The van der Waals surface area contributed by atoms with Gasteiger partial charge in [-0.05, 0) is 44.4 Å². The molecule has 4 unspecified atom stereocenters. The Morgan fingerprint density at radius 3 is 2.92 bits per heavy atom. The van der Waals surface area contributed by atoms with E-state index in [1.54, 1.807) is 12.8 Å². The monoisotopic (exact) mass is 165 g/mol. The molecular formula is C11H19N. The summed E-state index contributed by atoms with van der Waals surface area (Å²) in [5, 5.41) is 0. The van der Waals surface area contributed by atoms with Crippen LogP contribution in [0.4, 0.5) is 0 Å². The number of hydrogen-bond donors (Lipinski definition) is 0. The van der Waals surface area contributed by atoms with Gasteiger partial charge in [0, 0.05) is 18.1 Å². The number of fused-ring (bicyclic) bond motifs is 5. The van der Waals surface area contributed by atoms with Gasteiger partial charge in [0.1, 0.15) is 0 Å². The Bertz CT molecular complexity index is 187. The van der Waals surface area contributed by atoms with Crippen molar-refractivity contribution >= 4 is 0 Å². The van der Waals surface area contributed by atoms with E-state index in [4.69, 9.17) is 0 Å². The summed E-state index contributed by atoms with van der Waals surface area (Å²) in [4.78, 5) is 2.88. The molecule has 2 aliphatic heterocycles. The molecule has 3 aliphatic rings. The van der Waals surface area contributed by atoms with E-state index in [1.807, 2.05) is 0 Å². The normalized spacial score (nSPS) is 51.8. The fourth-order valence-electron chi connectivity index (χ4n) is 4.01. The number of hydrogen-bond acceptors (Lipinski definition) is 1. The lowest BCUT2D eigenvalue weighted by molar-refractivity contribution is 0.136. The van der Waals surface area contributed by atoms with E-state index in [2.05, 4.69) is 11.8 Å². The van der Waals surface area contributed by atoms with Crippen molar-refractivity contribution in [2.75, 3.05) is 0 Å². The first-order valence-electron chi connectivity index (χ1n) is 5.67. The van der Waals surface area contributed by atoms with Gasteiger partial charge < -0.3 is 0 Å². The summed E-state index contributed by atoms with van der Waals surface area (Å²) in [6, 6.07) is 2.99. The highest BCUT2D eigenvalue weighted by Gasteiger charge is 2.50. The predicted molar refractivity (Wildman–Crippen MR) is 50.1 cm³/mol. The van der Waals surface area contributed by atoms with Crippen LogP contribution in [-0.2, 0) is 0 Å². The van der Waals surface area contributed by atoms with Gasteiger partial charge in [-0.2, -0.15) is 0 Å². The molecular weight excluding hydrogens is 146 g/mol. The summed E-state index contributed by atoms with van der Waals surface area (Å²) in [6.45, 7) is 2.36. The van der Waals surface area contributed by atoms with Crippen LogP contribution in [0.25, 0.3) is 0 Å². The van der Waals surface area contributed by atoms with Crippen LogP contribution in [0, 0.1) is 5.92 Å². The van der Waals surface area contributed by atoms with Crippen molar-refractivity contribution in [1.29, 1.82) is 0 Å². The van der Waals surface area contributed by atoms with Crippen LogP contribution >= 0.6 is 0 Å². The first kappa shape index (κ1) is 7.37. The Morgan fingerprint density at radius 1 is 1.17 bits per heavy atom. The smallest absolute Gasteiger partial charge is 0.0131 e. The molecule has 0 aromatic heterocycles. The molecule has 12 heavy (non-hydrogen) atoms. The molecule has 0 amide bonds. The van der Waals surface area contributed by atoms with Crippen molar-refractivity contribution in [3.63, 3.8) is 0 Å². The van der Waals surface area contributed by atoms with Gasteiger partial charge in [0.15, 0.2) is 0 Å². The van der Waals surface area contributed by atoms with Crippen LogP contribution in [0.15, 0.2) is 0 Å². The first-order chi connectivity index (χ1) is 5.90. The standard InChI is InChI=1S/C11H19N/c1-2-9-5-6-11-8-3-4-10(7-8)12(9)11/h8-11H,2-7H2,1H3. The van der Waals surface area contributed by atoms with Gasteiger partial charge in [-0.15, -0.1) is 0 Å². The number of nitrogens with zero attached hydrogens (tertiary/aromatic N) is 1. The lowest BCUT2D eigenvalue weighted by atomic mass is 9.98. The molecule has 4 atom stereocenters. The van der Waals surface area contributed by atoms with Gasteiger partial charge in [-0.3, -0.25) is 4.90 Å². The Kier molecular flexibility index (Phi) is 1.52. The molecule has 1 saturated carbocycles. The first-order valence-corrected chi connectivity index (χ1v) is 5.67. The second-order valence-corrected chi connectivity index (χ2v) is 4.88. The summed E-state index contributed by atoms with van der Waals surface area (Å²) >= 11 is 0. The third-order valence-corrected chi connectivity index (χ3v) is 4.48. The molecule has 0 radical (unpaired) electrons. The van der Waals surface area contributed by atoms with Crippen molar-refractivity contribution in [3.05, 3.63) is 0 Å². The minimum Gasteiger partial charge on any atom is -0.294 e. The lowest BCUT2D eigenvalue weighted by Crippen LogP contribution is -2.40.